The quantitative estimate of drug-likeness (QED) is 0.591. The van der Waals surface area contributed by atoms with Crippen LogP contribution in [0.4, 0.5) is 0 Å². The molecule has 9 heteroatoms. The zero-order chi connectivity index (χ0) is 11.9. The van der Waals surface area contributed by atoms with E-state index in [0.29, 0.717) is 0 Å². The van der Waals surface area contributed by atoms with E-state index in [2.05, 4.69) is 32.7 Å². The molecule has 91 valence electrons. The van der Waals surface area contributed by atoms with Crippen molar-refractivity contribution < 1.29 is 16.5 Å². The molecule has 4 nitrogen and oxygen atoms in total. The molecule has 0 aromatic heterocycles. The number of hydrogen-bond acceptors (Lipinski definition) is 4. The summed E-state index contributed by atoms with van der Waals surface area (Å²) in [7, 11) is -5.24. The Morgan fingerprint density at radius 3 is 2.27 bits per heavy atom. The van der Waals surface area contributed by atoms with Crippen LogP contribution in [0.1, 0.15) is 0 Å². The summed E-state index contributed by atoms with van der Waals surface area (Å²) in [5, 5.41) is 0. The van der Waals surface area contributed by atoms with Gasteiger partial charge in [0, 0.05) is 0 Å². The second-order valence-corrected chi connectivity index (χ2v) is 13.9. The Balaban J connectivity index is 3.94. The lowest BCUT2D eigenvalue weighted by atomic mass is 11.9. The zero-order valence-corrected chi connectivity index (χ0v) is 16.6. The number of hydrogen-bond donors (Lipinski definition) is 0. The minimum Gasteiger partial charge on any atom is -0.444 e. The first-order valence-electron chi connectivity index (χ1n) is 5.36. The molecule has 1 unspecified atom stereocenters. The van der Waals surface area contributed by atoms with Crippen molar-refractivity contribution in [3.63, 3.8) is 0 Å². The van der Waals surface area contributed by atoms with Gasteiger partial charge in [-0.2, -0.15) is 0 Å². The molecular weight excluding hydrogens is 276 g/mol. The van der Waals surface area contributed by atoms with Gasteiger partial charge in [-0.25, -0.2) is 0 Å². The fraction of sp³-hybridized carbons (Fsp3) is 1.00. The highest BCUT2D eigenvalue weighted by Crippen LogP contribution is 2.10. The van der Waals surface area contributed by atoms with Gasteiger partial charge in [-0.3, -0.25) is 0 Å². The van der Waals surface area contributed by atoms with Gasteiger partial charge in [-0.1, -0.05) is 13.1 Å². The third-order valence-electron chi connectivity index (χ3n) is 1.59. The third kappa shape index (κ3) is 8.70. The molecule has 0 saturated carbocycles. The van der Waals surface area contributed by atoms with Gasteiger partial charge in [0.2, 0.25) is 0 Å². The fourth-order valence-corrected chi connectivity index (χ4v) is 13.0. The van der Waals surface area contributed by atoms with Crippen LogP contribution in [0.2, 0.25) is 39.3 Å². The summed E-state index contributed by atoms with van der Waals surface area (Å²) in [6.07, 6.45) is 0. The molecule has 0 saturated heterocycles. The van der Waals surface area contributed by atoms with E-state index in [1.807, 2.05) is 6.55 Å². The highest BCUT2D eigenvalue weighted by atomic mass is 28.5. The molecule has 15 heavy (non-hydrogen) atoms. The average Bonchev–Trinajstić information content (AvgIpc) is 2.01. The molecule has 0 aliphatic heterocycles. The topological polar surface area (TPSA) is 36.9 Å². The van der Waals surface area contributed by atoms with E-state index >= 15 is 0 Å². The minimum atomic E-state index is -2.00. The van der Waals surface area contributed by atoms with Crippen molar-refractivity contribution in [2.75, 3.05) is 0 Å². The van der Waals surface area contributed by atoms with Gasteiger partial charge in [0.1, 0.15) is 19.5 Å². The molecule has 0 spiro atoms. The van der Waals surface area contributed by atoms with Crippen LogP contribution >= 0.6 is 0 Å². The Morgan fingerprint density at radius 2 is 1.80 bits per heavy atom. The van der Waals surface area contributed by atoms with Gasteiger partial charge in [0.15, 0.2) is 0 Å². The molecule has 0 rings (SSSR count). The molecule has 0 bridgehead atoms. The van der Waals surface area contributed by atoms with Gasteiger partial charge in [-0.05, 0) is 26.2 Å². The Labute approximate surface area is 102 Å². The van der Waals surface area contributed by atoms with Crippen molar-refractivity contribution >= 4 is 46.7 Å². The van der Waals surface area contributed by atoms with E-state index < -0.39 is 27.1 Å². The van der Waals surface area contributed by atoms with Gasteiger partial charge < -0.3 is 16.5 Å². The van der Waals surface area contributed by atoms with Gasteiger partial charge in [0.05, 0.1) is 0 Å². The standard InChI is InChI=1S/C6H23O4Si5/c1-11-7-13(3)9-15(5,6)10-14(4)8-12-2/h13H,11-12H2,1-6H3. The zero-order valence-electron chi connectivity index (χ0n) is 10.6. The lowest BCUT2D eigenvalue weighted by Crippen LogP contribution is -2.45. The van der Waals surface area contributed by atoms with Gasteiger partial charge in [-0.15, -0.1) is 0 Å². The maximum Gasteiger partial charge on any atom is 0.360 e. The third-order valence-corrected chi connectivity index (χ3v) is 14.3. The van der Waals surface area contributed by atoms with E-state index in [1.54, 1.807) is 0 Å². The first kappa shape index (κ1) is 15.9. The Kier molecular flexibility index (Phi) is 8.58. The lowest BCUT2D eigenvalue weighted by molar-refractivity contribution is 0.336. The van der Waals surface area contributed by atoms with E-state index in [4.69, 9.17) is 16.5 Å². The predicted octanol–water partition coefficient (Wildman–Crippen LogP) is -0.0133. The summed E-state index contributed by atoms with van der Waals surface area (Å²) in [5.41, 5.74) is 0. The molecule has 1 atom stereocenters. The molecule has 0 fully saturated rings. The van der Waals surface area contributed by atoms with Crippen molar-refractivity contribution in [1.82, 2.24) is 0 Å². The molecule has 0 aliphatic carbocycles. The monoisotopic (exact) mass is 299 g/mol. The second kappa shape index (κ2) is 8.08. The summed E-state index contributed by atoms with van der Waals surface area (Å²) in [5.74, 6) is 0. The van der Waals surface area contributed by atoms with Crippen LogP contribution in [-0.4, -0.2) is 46.7 Å². The normalized spacial score (nSPS) is 16.2. The van der Waals surface area contributed by atoms with E-state index in [9.17, 15) is 0 Å². The smallest absolute Gasteiger partial charge is 0.360 e. The second-order valence-electron chi connectivity index (χ2n) is 3.57. The van der Waals surface area contributed by atoms with Crippen molar-refractivity contribution in [3.05, 3.63) is 0 Å². The molecule has 0 amide bonds. The maximum atomic E-state index is 5.92. The lowest BCUT2D eigenvalue weighted by Gasteiger charge is -2.28. The van der Waals surface area contributed by atoms with Crippen molar-refractivity contribution in [3.8, 4) is 0 Å². The molecule has 0 aliphatic rings. The van der Waals surface area contributed by atoms with Crippen LogP contribution in [0.15, 0.2) is 0 Å². The fourth-order valence-electron chi connectivity index (χ4n) is 1.27. The van der Waals surface area contributed by atoms with Crippen LogP contribution in [-0.2, 0) is 16.5 Å². The summed E-state index contributed by atoms with van der Waals surface area (Å²) < 4.78 is 23.0. The summed E-state index contributed by atoms with van der Waals surface area (Å²) in [4.78, 5) is 0. The largest absolute Gasteiger partial charge is 0.444 e. The Morgan fingerprint density at radius 1 is 1.20 bits per heavy atom. The van der Waals surface area contributed by atoms with Crippen LogP contribution < -0.4 is 0 Å². The van der Waals surface area contributed by atoms with E-state index in [0.717, 1.165) is 0 Å². The molecular formula is C6H23O4Si5. The van der Waals surface area contributed by atoms with Crippen LogP contribution in [0.25, 0.3) is 0 Å². The summed E-state index contributed by atoms with van der Waals surface area (Å²) >= 11 is 0. The molecule has 0 heterocycles. The average molecular weight is 300 g/mol. The first-order valence-corrected chi connectivity index (χ1v) is 16.1. The molecule has 0 aromatic carbocycles. The van der Waals surface area contributed by atoms with Crippen molar-refractivity contribution in [2.45, 2.75) is 39.3 Å². The minimum absolute atomic E-state index is 0.352. The highest BCUT2D eigenvalue weighted by Gasteiger charge is 2.30. The Bertz CT molecular complexity index is 154. The summed E-state index contributed by atoms with van der Waals surface area (Å²) in [6.45, 7) is 12.5. The van der Waals surface area contributed by atoms with Crippen molar-refractivity contribution in [2.24, 2.45) is 0 Å². The SMILES string of the molecule is C[SiH2]O[Si](C)O[Si](C)(C)O[SiH](C)O[SiH2]C. The highest BCUT2D eigenvalue weighted by molar-refractivity contribution is 6.77. The maximum absolute atomic E-state index is 5.92. The number of rotatable bonds is 8. The predicted molar refractivity (Wildman–Crippen MR) is 75.3 cm³/mol. The van der Waals surface area contributed by atoms with Crippen LogP contribution in [0.3, 0.4) is 0 Å². The van der Waals surface area contributed by atoms with E-state index in [1.165, 1.54) is 0 Å². The first-order chi connectivity index (χ1) is 6.91. The van der Waals surface area contributed by atoms with Gasteiger partial charge >= 0.3 is 17.8 Å². The van der Waals surface area contributed by atoms with Gasteiger partial charge in [0.25, 0.3) is 9.28 Å². The van der Waals surface area contributed by atoms with Crippen LogP contribution in [0.5, 0.6) is 0 Å². The van der Waals surface area contributed by atoms with Crippen LogP contribution in [0, 0.1) is 0 Å². The van der Waals surface area contributed by atoms with Crippen molar-refractivity contribution in [1.29, 1.82) is 0 Å². The molecule has 0 N–H and O–H groups in total. The Hall–Kier alpha value is 0.924. The molecule has 1 radical (unpaired) electrons. The summed E-state index contributed by atoms with van der Waals surface area (Å²) in [6, 6.07) is 0. The molecule has 0 aromatic rings. The van der Waals surface area contributed by atoms with E-state index in [-0.39, 0.29) is 19.5 Å².